The molecule has 0 aliphatic heterocycles. The summed E-state index contributed by atoms with van der Waals surface area (Å²) in [6.07, 6.45) is 0. The highest BCUT2D eigenvalue weighted by Crippen LogP contribution is 2.32. The van der Waals surface area contributed by atoms with E-state index in [-0.39, 0.29) is 5.97 Å². The zero-order valence-corrected chi connectivity index (χ0v) is 12.0. The Kier molecular flexibility index (Phi) is 4.89. The van der Waals surface area contributed by atoms with Gasteiger partial charge in [0.15, 0.2) is 5.11 Å². The van der Waals surface area contributed by atoms with Crippen LogP contribution in [0.4, 0.5) is 5.00 Å². The van der Waals surface area contributed by atoms with Crippen LogP contribution in [-0.2, 0) is 4.74 Å². The van der Waals surface area contributed by atoms with Crippen LogP contribution in [0.2, 0.25) is 0 Å². The van der Waals surface area contributed by atoms with Crippen molar-refractivity contribution < 1.29 is 9.53 Å². The number of hydrogen-bond donors (Lipinski definition) is 2. The smallest absolute Gasteiger partial charge is 0.341 e. The predicted octanol–water partition coefficient (Wildman–Crippen LogP) is 2.46. The lowest BCUT2D eigenvalue weighted by Gasteiger charge is -2.08. The van der Waals surface area contributed by atoms with E-state index in [4.69, 9.17) is 17.0 Å². The third kappa shape index (κ3) is 3.17. The molecule has 0 saturated carbocycles. The van der Waals surface area contributed by atoms with E-state index in [1.807, 2.05) is 20.8 Å². The zero-order chi connectivity index (χ0) is 13.0. The van der Waals surface area contributed by atoms with E-state index in [9.17, 15) is 4.79 Å². The summed E-state index contributed by atoms with van der Waals surface area (Å²) in [6.45, 7) is 6.57. The lowest BCUT2D eigenvalue weighted by Crippen LogP contribution is -2.28. The summed E-state index contributed by atoms with van der Waals surface area (Å²) < 4.78 is 4.78. The third-order valence-electron chi connectivity index (χ3n) is 2.34. The van der Waals surface area contributed by atoms with Gasteiger partial charge in [-0.3, -0.25) is 0 Å². The fraction of sp³-hybridized carbons (Fsp3) is 0.455. The van der Waals surface area contributed by atoms with Gasteiger partial charge in [0.1, 0.15) is 5.00 Å². The second kappa shape index (κ2) is 5.97. The number of thiophene rings is 1. The average Bonchev–Trinajstić information content (AvgIpc) is 2.54. The first-order valence-electron chi connectivity index (χ1n) is 5.24. The van der Waals surface area contributed by atoms with Gasteiger partial charge in [-0.2, -0.15) is 0 Å². The van der Waals surface area contributed by atoms with Crippen LogP contribution in [0.5, 0.6) is 0 Å². The van der Waals surface area contributed by atoms with Crippen molar-refractivity contribution in [1.29, 1.82) is 0 Å². The summed E-state index contributed by atoms with van der Waals surface area (Å²) in [5.41, 5.74) is 1.50. The predicted molar refractivity (Wildman–Crippen MR) is 75.0 cm³/mol. The molecule has 0 bridgehead atoms. The lowest BCUT2D eigenvalue weighted by molar-refractivity contribution is 0.0601. The van der Waals surface area contributed by atoms with Crippen molar-refractivity contribution in [3.8, 4) is 0 Å². The molecule has 0 saturated heterocycles. The zero-order valence-electron chi connectivity index (χ0n) is 10.3. The van der Waals surface area contributed by atoms with Crippen LogP contribution in [0.3, 0.4) is 0 Å². The van der Waals surface area contributed by atoms with Crippen molar-refractivity contribution in [2.45, 2.75) is 20.8 Å². The monoisotopic (exact) mass is 272 g/mol. The SMILES string of the molecule is CCNC(=S)Nc1sc(C)c(C)c1C(=O)OC. The molecule has 2 N–H and O–H groups in total. The minimum Gasteiger partial charge on any atom is -0.465 e. The molecular weight excluding hydrogens is 256 g/mol. The Morgan fingerprint density at radius 2 is 2.12 bits per heavy atom. The van der Waals surface area contributed by atoms with Crippen LogP contribution in [0, 0.1) is 13.8 Å². The van der Waals surface area contributed by atoms with Gasteiger partial charge in [-0.15, -0.1) is 11.3 Å². The molecule has 0 atom stereocenters. The molecule has 0 aliphatic rings. The van der Waals surface area contributed by atoms with E-state index in [1.54, 1.807) is 0 Å². The third-order valence-corrected chi connectivity index (χ3v) is 3.71. The first kappa shape index (κ1) is 13.9. The summed E-state index contributed by atoms with van der Waals surface area (Å²) >= 11 is 6.60. The quantitative estimate of drug-likeness (QED) is 0.654. The van der Waals surface area contributed by atoms with Crippen LogP contribution < -0.4 is 10.6 Å². The van der Waals surface area contributed by atoms with Gasteiger partial charge in [-0.1, -0.05) is 0 Å². The Bertz CT molecular complexity index is 441. The van der Waals surface area contributed by atoms with E-state index in [0.717, 1.165) is 22.0 Å². The summed E-state index contributed by atoms with van der Waals surface area (Å²) in [4.78, 5) is 12.8. The first-order valence-corrected chi connectivity index (χ1v) is 6.46. The minimum atomic E-state index is -0.339. The largest absolute Gasteiger partial charge is 0.465 e. The molecule has 1 heterocycles. The van der Waals surface area contributed by atoms with E-state index in [1.165, 1.54) is 18.4 Å². The summed E-state index contributed by atoms with van der Waals surface area (Å²) in [5.74, 6) is -0.339. The summed E-state index contributed by atoms with van der Waals surface area (Å²) in [6, 6.07) is 0. The molecular formula is C11H16N2O2S2. The van der Waals surface area contributed by atoms with E-state index < -0.39 is 0 Å². The number of carbonyl (C=O) groups is 1. The number of anilines is 1. The molecule has 0 aromatic carbocycles. The second-order valence-corrected chi connectivity index (χ2v) is 5.10. The molecule has 1 aromatic heterocycles. The average molecular weight is 272 g/mol. The molecule has 6 heteroatoms. The van der Waals surface area contributed by atoms with Crippen molar-refractivity contribution in [3.05, 3.63) is 16.0 Å². The Morgan fingerprint density at radius 3 is 2.65 bits per heavy atom. The van der Waals surface area contributed by atoms with E-state index in [0.29, 0.717) is 10.7 Å². The fourth-order valence-electron chi connectivity index (χ4n) is 1.37. The Hall–Kier alpha value is -1.14. The van der Waals surface area contributed by atoms with Gasteiger partial charge in [-0.05, 0) is 38.6 Å². The lowest BCUT2D eigenvalue weighted by atomic mass is 10.1. The highest BCUT2D eigenvalue weighted by atomic mass is 32.1. The number of ether oxygens (including phenoxy) is 1. The van der Waals surface area contributed by atoms with Crippen molar-refractivity contribution in [2.75, 3.05) is 19.0 Å². The number of esters is 1. The standard InChI is InChI=1S/C11H16N2O2S2/c1-5-12-11(16)13-9-8(10(14)15-4)6(2)7(3)17-9/h5H2,1-4H3,(H2,12,13,16). The van der Waals surface area contributed by atoms with Gasteiger partial charge in [0, 0.05) is 11.4 Å². The highest BCUT2D eigenvalue weighted by Gasteiger charge is 2.20. The maximum absolute atomic E-state index is 11.7. The van der Waals surface area contributed by atoms with Gasteiger partial charge < -0.3 is 15.4 Å². The van der Waals surface area contributed by atoms with Crippen molar-refractivity contribution in [3.63, 3.8) is 0 Å². The Labute approximate surface area is 110 Å². The maximum Gasteiger partial charge on any atom is 0.341 e. The Balaban J connectivity index is 3.03. The molecule has 1 rings (SSSR count). The topological polar surface area (TPSA) is 50.4 Å². The number of carbonyl (C=O) groups excluding carboxylic acids is 1. The van der Waals surface area contributed by atoms with Gasteiger partial charge in [-0.25, -0.2) is 4.79 Å². The van der Waals surface area contributed by atoms with E-state index >= 15 is 0 Å². The van der Waals surface area contributed by atoms with Gasteiger partial charge in [0.05, 0.1) is 12.7 Å². The molecule has 0 spiro atoms. The van der Waals surface area contributed by atoms with E-state index in [2.05, 4.69) is 10.6 Å². The second-order valence-electron chi connectivity index (χ2n) is 3.46. The van der Waals surface area contributed by atoms with Crippen LogP contribution >= 0.6 is 23.6 Å². The van der Waals surface area contributed by atoms with Crippen LogP contribution in [0.1, 0.15) is 27.7 Å². The molecule has 0 unspecified atom stereocenters. The molecule has 17 heavy (non-hydrogen) atoms. The van der Waals surface area contributed by atoms with Gasteiger partial charge in [0.25, 0.3) is 0 Å². The van der Waals surface area contributed by atoms with Crippen molar-refractivity contribution >= 4 is 39.6 Å². The number of aryl methyl sites for hydroxylation is 1. The molecule has 94 valence electrons. The molecule has 0 aliphatic carbocycles. The molecule has 1 aromatic rings. The number of methoxy groups -OCH3 is 1. The summed E-state index contributed by atoms with van der Waals surface area (Å²) in [7, 11) is 1.38. The highest BCUT2D eigenvalue weighted by molar-refractivity contribution is 7.80. The van der Waals surface area contributed by atoms with Crippen molar-refractivity contribution in [1.82, 2.24) is 5.32 Å². The number of rotatable bonds is 3. The molecule has 4 nitrogen and oxygen atoms in total. The summed E-state index contributed by atoms with van der Waals surface area (Å²) in [5, 5.41) is 7.26. The van der Waals surface area contributed by atoms with Crippen molar-refractivity contribution in [2.24, 2.45) is 0 Å². The normalized spacial score (nSPS) is 9.88. The molecule has 0 fully saturated rings. The first-order chi connectivity index (χ1) is 8.01. The number of thiocarbonyl (C=S) groups is 1. The van der Waals surface area contributed by atoms with Gasteiger partial charge >= 0.3 is 5.97 Å². The van der Waals surface area contributed by atoms with Crippen LogP contribution in [0.15, 0.2) is 0 Å². The molecule has 0 amide bonds. The number of nitrogens with one attached hydrogen (secondary N) is 2. The minimum absolute atomic E-state index is 0.339. The fourth-order valence-corrected chi connectivity index (χ4v) is 2.73. The number of hydrogen-bond acceptors (Lipinski definition) is 4. The molecule has 0 radical (unpaired) electrons. The van der Waals surface area contributed by atoms with Crippen LogP contribution in [0.25, 0.3) is 0 Å². The maximum atomic E-state index is 11.7. The van der Waals surface area contributed by atoms with Crippen LogP contribution in [-0.4, -0.2) is 24.7 Å². The van der Waals surface area contributed by atoms with Gasteiger partial charge in [0.2, 0.25) is 0 Å². The Morgan fingerprint density at radius 1 is 1.47 bits per heavy atom.